The zero-order chi connectivity index (χ0) is 25.7. The summed E-state index contributed by atoms with van der Waals surface area (Å²) in [6.07, 6.45) is 0.647. The molecule has 0 radical (unpaired) electrons. The molecule has 0 atom stereocenters. The maximum Gasteiger partial charge on any atom is 0.272 e. The van der Waals surface area contributed by atoms with Crippen molar-refractivity contribution < 1.29 is 19.0 Å². The van der Waals surface area contributed by atoms with E-state index >= 15 is 0 Å². The summed E-state index contributed by atoms with van der Waals surface area (Å²) in [5.41, 5.74) is 3.61. The Balaban J connectivity index is 1.62. The van der Waals surface area contributed by atoms with E-state index < -0.39 is 0 Å². The summed E-state index contributed by atoms with van der Waals surface area (Å²) in [4.78, 5) is 15.3. The van der Waals surface area contributed by atoms with Gasteiger partial charge in [0.25, 0.3) is 5.91 Å². The van der Waals surface area contributed by atoms with Gasteiger partial charge in [-0.3, -0.25) is 4.79 Å². The van der Waals surface area contributed by atoms with Crippen molar-refractivity contribution in [2.24, 2.45) is 0 Å². The molecular weight excluding hydrogens is 478 g/mol. The van der Waals surface area contributed by atoms with Crippen LogP contribution in [0.3, 0.4) is 0 Å². The fourth-order valence-electron chi connectivity index (χ4n) is 3.87. The summed E-state index contributed by atoms with van der Waals surface area (Å²) < 4.78 is 17.6. The van der Waals surface area contributed by atoms with Crippen LogP contribution >= 0.6 is 11.6 Å². The Morgan fingerprint density at radius 3 is 2.31 bits per heavy atom. The molecule has 0 saturated heterocycles. The number of aromatic nitrogens is 2. The van der Waals surface area contributed by atoms with Gasteiger partial charge in [-0.1, -0.05) is 29.8 Å². The van der Waals surface area contributed by atoms with E-state index in [1.54, 1.807) is 50.1 Å². The van der Waals surface area contributed by atoms with E-state index in [4.69, 9.17) is 30.9 Å². The van der Waals surface area contributed by atoms with Crippen LogP contribution in [0.5, 0.6) is 17.2 Å². The molecule has 1 aromatic heterocycles. The number of nitrogens with zero attached hydrogens (tertiary/aromatic N) is 3. The van der Waals surface area contributed by atoms with Crippen LogP contribution in [0.2, 0.25) is 5.02 Å². The molecule has 0 N–H and O–H groups in total. The third-order valence-electron chi connectivity index (χ3n) is 5.93. The Bertz CT molecular complexity index is 1350. The number of hydrogen-bond acceptors (Lipinski definition) is 5. The molecular formula is C28H28ClN3O4. The van der Waals surface area contributed by atoms with Crippen molar-refractivity contribution in [2.45, 2.75) is 6.42 Å². The molecule has 8 heteroatoms. The largest absolute Gasteiger partial charge is 0.497 e. The van der Waals surface area contributed by atoms with Crippen molar-refractivity contribution in [2.75, 3.05) is 34.9 Å². The Hall–Kier alpha value is -3.97. The number of benzene rings is 3. The minimum Gasteiger partial charge on any atom is -0.497 e. The molecule has 0 aliphatic heterocycles. The van der Waals surface area contributed by atoms with E-state index in [1.165, 1.54) is 0 Å². The van der Waals surface area contributed by atoms with Crippen molar-refractivity contribution in [3.8, 4) is 34.2 Å². The number of methoxy groups -OCH3 is 3. The third-order valence-corrected chi connectivity index (χ3v) is 6.25. The lowest BCUT2D eigenvalue weighted by Gasteiger charge is -2.18. The van der Waals surface area contributed by atoms with Gasteiger partial charge in [0, 0.05) is 19.2 Å². The third kappa shape index (κ3) is 5.31. The molecule has 1 heterocycles. The van der Waals surface area contributed by atoms with E-state index in [9.17, 15) is 4.79 Å². The van der Waals surface area contributed by atoms with Crippen LogP contribution in [0.15, 0.2) is 72.8 Å². The minimum atomic E-state index is -0.164. The Labute approximate surface area is 215 Å². The lowest BCUT2D eigenvalue weighted by atomic mass is 10.1. The van der Waals surface area contributed by atoms with Crippen molar-refractivity contribution in [3.63, 3.8) is 0 Å². The average molecular weight is 506 g/mol. The monoisotopic (exact) mass is 505 g/mol. The van der Waals surface area contributed by atoms with Crippen molar-refractivity contribution in [3.05, 3.63) is 89.1 Å². The lowest BCUT2D eigenvalue weighted by molar-refractivity contribution is 0.0787. The predicted octanol–water partition coefficient (Wildman–Crippen LogP) is 5.53. The van der Waals surface area contributed by atoms with Gasteiger partial charge in [-0.05, 0) is 66.6 Å². The molecule has 3 aromatic carbocycles. The average Bonchev–Trinajstić information content (AvgIpc) is 3.36. The molecule has 0 saturated carbocycles. The maximum atomic E-state index is 13.6. The number of ether oxygens (including phenoxy) is 3. The van der Waals surface area contributed by atoms with Gasteiger partial charge in [0.05, 0.1) is 37.7 Å². The number of rotatable bonds is 9. The normalized spacial score (nSPS) is 10.7. The SMILES string of the molecule is COc1ccc(-c2cc(C(=O)N(C)CCc3ccc(OC)c(OC)c3)n(-c3ccccc3Cl)n2)cc1. The predicted molar refractivity (Wildman–Crippen MR) is 141 cm³/mol. The topological polar surface area (TPSA) is 65.8 Å². The zero-order valence-corrected chi connectivity index (χ0v) is 21.5. The van der Waals surface area contributed by atoms with Crippen LogP contribution in [0.4, 0.5) is 0 Å². The first-order chi connectivity index (χ1) is 17.4. The van der Waals surface area contributed by atoms with Crippen molar-refractivity contribution >= 4 is 17.5 Å². The second kappa shape index (κ2) is 11.2. The van der Waals surface area contributed by atoms with E-state index in [0.717, 1.165) is 16.9 Å². The molecule has 0 bridgehead atoms. The standard InChI is InChI=1S/C28H28ClN3O4/c1-31(16-15-19-9-14-26(35-3)27(17-19)36-4)28(33)25-18-23(20-10-12-21(34-2)13-11-20)30-32(25)24-8-6-5-7-22(24)29/h5-14,17-18H,15-16H2,1-4H3. The molecule has 4 rings (SSSR count). The van der Waals surface area contributed by atoms with Crippen molar-refractivity contribution in [1.29, 1.82) is 0 Å². The number of carbonyl (C=O) groups is 1. The van der Waals surface area contributed by atoms with Gasteiger partial charge in [-0.25, -0.2) is 4.68 Å². The van der Waals surface area contributed by atoms with Crippen LogP contribution in [-0.2, 0) is 6.42 Å². The first-order valence-corrected chi connectivity index (χ1v) is 11.8. The fourth-order valence-corrected chi connectivity index (χ4v) is 4.09. The summed E-state index contributed by atoms with van der Waals surface area (Å²) in [7, 11) is 6.61. The second-order valence-corrected chi connectivity index (χ2v) is 8.58. The van der Waals surface area contributed by atoms with E-state index in [2.05, 4.69) is 0 Å². The van der Waals surface area contributed by atoms with Gasteiger partial charge >= 0.3 is 0 Å². The lowest BCUT2D eigenvalue weighted by Crippen LogP contribution is -2.30. The summed E-state index contributed by atoms with van der Waals surface area (Å²) in [6, 6.07) is 22.4. The number of halogens is 1. The highest BCUT2D eigenvalue weighted by Crippen LogP contribution is 2.29. The number of para-hydroxylation sites is 1. The summed E-state index contributed by atoms with van der Waals surface area (Å²) in [5.74, 6) is 1.91. The van der Waals surface area contributed by atoms with Crippen LogP contribution in [-0.4, -0.2) is 55.5 Å². The second-order valence-electron chi connectivity index (χ2n) is 8.17. The molecule has 0 fully saturated rings. The summed E-state index contributed by atoms with van der Waals surface area (Å²) in [6.45, 7) is 0.500. The fraction of sp³-hybridized carbons (Fsp3) is 0.214. The Morgan fingerprint density at radius 1 is 0.917 bits per heavy atom. The maximum absolute atomic E-state index is 13.6. The molecule has 0 unspecified atom stereocenters. The van der Waals surface area contributed by atoms with Gasteiger partial charge in [-0.2, -0.15) is 5.10 Å². The highest BCUT2D eigenvalue weighted by molar-refractivity contribution is 6.32. The molecule has 186 valence electrons. The molecule has 36 heavy (non-hydrogen) atoms. The molecule has 4 aromatic rings. The first-order valence-electron chi connectivity index (χ1n) is 11.4. The quantitative estimate of drug-likeness (QED) is 0.299. The molecule has 7 nitrogen and oxygen atoms in total. The van der Waals surface area contributed by atoms with Crippen LogP contribution in [0.25, 0.3) is 16.9 Å². The number of amides is 1. The number of carbonyl (C=O) groups excluding carboxylic acids is 1. The van der Waals surface area contributed by atoms with Crippen molar-refractivity contribution in [1.82, 2.24) is 14.7 Å². The molecule has 0 spiro atoms. The van der Waals surface area contributed by atoms with E-state index in [0.29, 0.717) is 46.6 Å². The molecule has 1 amide bonds. The van der Waals surface area contributed by atoms with Crippen LogP contribution in [0, 0.1) is 0 Å². The van der Waals surface area contributed by atoms with E-state index in [-0.39, 0.29) is 5.91 Å². The van der Waals surface area contributed by atoms with Gasteiger partial charge in [-0.15, -0.1) is 0 Å². The Kier molecular flexibility index (Phi) is 7.80. The zero-order valence-electron chi connectivity index (χ0n) is 20.7. The molecule has 0 aliphatic rings. The Morgan fingerprint density at radius 2 is 1.64 bits per heavy atom. The van der Waals surface area contributed by atoms with E-state index in [1.807, 2.05) is 60.7 Å². The van der Waals surface area contributed by atoms with Gasteiger partial charge in [0.1, 0.15) is 11.4 Å². The van der Waals surface area contributed by atoms with Gasteiger partial charge in [0.2, 0.25) is 0 Å². The van der Waals surface area contributed by atoms with Crippen LogP contribution < -0.4 is 14.2 Å². The molecule has 0 aliphatic carbocycles. The van der Waals surface area contributed by atoms with Crippen LogP contribution in [0.1, 0.15) is 16.1 Å². The number of likely N-dealkylation sites (N-methyl/N-ethyl adjacent to an activating group) is 1. The highest BCUT2D eigenvalue weighted by Gasteiger charge is 2.22. The smallest absolute Gasteiger partial charge is 0.272 e. The minimum absolute atomic E-state index is 0.164. The van der Waals surface area contributed by atoms with Gasteiger partial charge in [0.15, 0.2) is 11.5 Å². The first kappa shape index (κ1) is 25.1. The summed E-state index contributed by atoms with van der Waals surface area (Å²) in [5, 5.41) is 5.25. The van der Waals surface area contributed by atoms with Gasteiger partial charge < -0.3 is 19.1 Å². The summed E-state index contributed by atoms with van der Waals surface area (Å²) >= 11 is 6.48. The highest BCUT2D eigenvalue weighted by atomic mass is 35.5. The number of hydrogen-bond donors (Lipinski definition) is 0.